The van der Waals surface area contributed by atoms with Crippen molar-refractivity contribution in [3.05, 3.63) is 45.8 Å². The fourth-order valence-electron chi connectivity index (χ4n) is 1.09. The highest BCUT2D eigenvalue weighted by molar-refractivity contribution is 6.30. The number of hydrogen-bond donors (Lipinski definition) is 2. The van der Waals surface area contributed by atoms with E-state index in [1.54, 1.807) is 24.3 Å². The standard InChI is InChI=1S/C10H8ClN5O/c11-6-1-3-7(4-2-6)15-16-8-5-13-10(12)14-9(8)17/h1-5H,(H3,12,13,14,17). The van der Waals surface area contributed by atoms with Crippen LogP contribution in [0.15, 0.2) is 45.5 Å². The number of rotatable bonds is 2. The Labute approximate surface area is 101 Å². The summed E-state index contributed by atoms with van der Waals surface area (Å²) in [5, 5.41) is 8.25. The van der Waals surface area contributed by atoms with Crippen LogP contribution in [0.3, 0.4) is 0 Å². The first-order chi connectivity index (χ1) is 8.15. The monoisotopic (exact) mass is 249 g/mol. The maximum absolute atomic E-state index is 11.4. The smallest absolute Gasteiger partial charge is 0.280 e. The molecule has 6 nitrogen and oxygen atoms in total. The Hall–Kier alpha value is -2.21. The fraction of sp³-hybridized carbons (Fsp3) is 0. The zero-order valence-corrected chi connectivity index (χ0v) is 9.35. The lowest BCUT2D eigenvalue weighted by Crippen LogP contribution is -2.09. The summed E-state index contributed by atoms with van der Waals surface area (Å²) in [4.78, 5) is 17.4. The Morgan fingerprint density at radius 3 is 2.59 bits per heavy atom. The van der Waals surface area contributed by atoms with Gasteiger partial charge in [0.2, 0.25) is 0 Å². The van der Waals surface area contributed by atoms with Gasteiger partial charge in [0.25, 0.3) is 5.56 Å². The first-order valence-corrected chi connectivity index (χ1v) is 5.05. The van der Waals surface area contributed by atoms with Crippen molar-refractivity contribution < 1.29 is 0 Å². The van der Waals surface area contributed by atoms with Crippen LogP contribution in [0, 0.1) is 0 Å². The number of H-pyrrole nitrogens is 1. The summed E-state index contributed by atoms with van der Waals surface area (Å²) in [5.74, 6) is 0.0421. The third-order valence-electron chi connectivity index (χ3n) is 1.90. The fourth-order valence-corrected chi connectivity index (χ4v) is 1.22. The molecule has 7 heteroatoms. The molecule has 0 amide bonds. The second-order valence-electron chi connectivity index (χ2n) is 3.16. The van der Waals surface area contributed by atoms with Crippen LogP contribution in [-0.2, 0) is 0 Å². The summed E-state index contributed by atoms with van der Waals surface area (Å²) in [6.45, 7) is 0. The van der Waals surface area contributed by atoms with Crippen molar-refractivity contribution >= 4 is 28.9 Å². The molecule has 0 fully saturated rings. The molecule has 17 heavy (non-hydrogen) atoms. The molecule has 0 aliphatic heterocycles. The summed E-state index contributed by atoms with van der Waals surface area (Å²) in [6, 6.07) is 6.73. The lowest BCUT2D eigenvalue weighted by molar-refractivity contribution is 1.09. The quantitative estimate of drug-likeness (QED) is 0.800. The number of benzene rings is 1. The number of nitrogens with two attached hydrogens (primary N) is 1. The maximum atomic E-state index is 11.4. The molecule has 1 aromatic heterocycles. The van der Waals surface area contributed by atoms with Crippen molar-refractivity contribution in [2.45, 2.75) is 0 Å². The van der Waals surface area contributed by atoms with Gasteiger partial charge in [-0.05, 0) is 24.3 Å². The molecule has 3 N–H and O–H groups in total. The van der Waals surface area contributed by atoms with Crippen molar-refractivity contribution in [1.82, 2.24) is 9.97 Å². The second kappa shape index (κ2) is 4.75. The van der Waals surface area contributed by atoms with Gasteiger partial charge < -0.3 is 5.73 Å². The third-order valence-corrected chi connectivity index (χ3v) is 2.15. The second-order valence-corrected chi connectivity index (χ2v) is 3.60. The minimum absolute atomic E-state index is 0.0421. The molecule has 0 unspecified atom stereocenters. The molecule has 0 aliphatic rings. The van der Waals surface area contributed by atoms with Crippen LogP contribution in [0.1, 0.15) is 0 Å². The van der Waals surface area contributed by atoms with Gasteiger partial charge in [0, 0.05) is 5.02 Å². The molecule has 2 aromatic rings. The Bertz CT molecular complexity index is 605. The van der Waals surface area contributed by atoms with Gasteiger partial charge in [-0.25, -0.2) is 4.98 Å². The van der Waals surface area contributed by atoms with E-state index in [4.69, 9.17) is 17.3 Å². The van der Waals surface area contributed by atoms with Gasteiger partial charge >= 0.3 is 0 Å². The molecular formula is C10H8ClN5O. The van der Waals surface area contributed by atoms with Crippen molar-refractivity contribution in [3.8, 4) is 0 Å². The predicted octanol–water partition coefficient (Wildman–Crippen LogP) is 2.42. The summed E-state index contributed by atoms with van der Waals surface area (Å²) in [5.41, 5.74) is 5.54. The van der Waals surface area contributed by atoms with Crippen LogP contribution in [-0.4, -0.2) is 9.97 Å². The normalized spacial score (nSPS) is 10.9. The highest BCUT2D eigenvalue weighted by atomic mass is 35.5. The first-order valence-electron chi connectivity index (χ1n) is 4.67. The number of azo groups is 1. The number of aromatic amines is 1. The van der Waals surface area contributed by atoms with Crippen LogP contribution in [0.4, 0.5) is 17.3 Å². The number of hydrogen-bond acceptors (Lipinski definition) is 5. The van der Waals surface area contributed by atoms with Gasteiger partial charge in [-0.3, -0.25) is 9.78 Å². The van der Waals surface area contributed by atoms with E-state index in [1.807, 2.05) is 0 Å². The zero-order valence-electron chi connectivity index (χ0n) is 8.59. The number of aromatic nitrogens is 2. The summed E-state index contributed by atoms with van der Waals surface area (Å²) in [6.07, 6.45) is 1.26. The zero-order chi connectivity index (χ0) is 12.3. The summed E-state index contributed by atoms with van der Waals surface area (Å²) in [7, 11) is 0. The van der Waals surface area contributed by atoms with Crippen LogP contribution >= 0.6 is 11.6 Å². The molecule has 0 saturated heterocycles. The molecule has 2 rings (SSSR count). The highest BCUT2D eigenvalue weighted by Crippen LogP contribution is 2.18. The minimum Gasteiger partial charge on any atom is -0.369 e. The molecule has 0 radical (unpaired) electrons. The van der Waals surface area contributed by atoms with Gasteiger partial charge in [-0.2, -0.15) is 5.11 Å². The number of anilines is 1. The first kappa shape index (κ1) is 11.3. The lowest BCUT2D eigenvalue weighted by Gasteiger charge is -1.94. The molecule has 0 spiro atoms. The Morgan fingerprint density at radius 1 is 1.24 bits per heavy atom. The van der Waals surface area contributed by atoms with E-state index >= 15 is 0 Å². The average molecular weight is 250 g/mol. The Morgan fingerprint density at radius 2 is 1.94 bits per heavy atom. The molecule has 1 heterocycles. The SMILES string of the molecule is Nc1ncc(N=Nc2ccc(Cl)cc2)c(=O)[nH]1. The van der Waals surface area contributed by atoms with Crippen LogP contribution < -0.4 is 11.3 Å². The molecular weight excluding hydrogens is 242 g/mol. The number of nitrogen functional groups attached to an aromatic ring is 1. The number of nitrogens with zero attached hydrogens (tertiary/aromatic N) is 3. The third kappa shape index (κ3) is 2.88. The van der Waals surface area contributed by atoms with Gasteiger partial charge in [-0.1, -0.05) is 11.6 Å². The maximum Gasteiger partial charge on any atom is 0.280 e. The highest BCUT2D eigenvalue weighted by Gasteiger charge is 1.98. The predicted molar refractivity (Wildman–Crippen MR) is 64.9 cm³/mol. The van der Waals surface area contributed by atoms with E-state index in [0.29, 0.717) is 10.7 Å². The number of nitrogens with one attached hydrogen (secondary N) is 1. The van der Waals surface area contributed by atoms with E-state index < -0.39 is 5.56 Å². The molecule has 0 atom stereocenters. The Kier molecular flexibility index (Phi) is 3.15. The van der Waals surface area contributed by atoms with E-state index in [9.17, 15) is 4.79 Å². The van der Waals surface area contributed by atoms with Crippen molar-refractivity contribution in [2.75, 3.05) is 5.73 Å². The van der Waals surface area contributed by atoms with E-state index in [-0.39, 0.29) is 11.6 Å². The van der Waals surface area contributed by atoms with Crippen molar-refractivity contribution in [1.29, 1.82) is 0 Å². The lowest BCUT2D eigenvalue weighted by atomic mass is 10.3. The van der Waals surface area contributed by atoms with Crippen LogP contribution in [0.5, 0.6) is 0 Å². The Balaban J connectivity index is 2.26. The van der Waals surface area contributed by atoms with E-state index in [2.05, 4.69) is 20.2 Å². The molecule has 1 aromatic carbocycles. The van der Waals surface area contributed by atoms with E-state index in [1.165, 1.54) is 6.20 Å². The van der Waals surface area contributed by atoms with Gasteiger partial charge in [0.15, 0.2) is 11.6 Å². The summed E-state index contributed by atoms with van der Waals surface area (Å²) >= 11 is 5.72. The molecule has 86 valence electrons. The topological polar surface area (TPSA) is 96.5 Å². The molecule has 0 saturated carbocycles. The van der Waals surface area contributed by atoms with Crippen LogP contribution in [0.2, 0.25) is 5.02 Å². The molecule has 0 bridgehead atoms. The van der Waals surface area contributed by atoms with Gasteiger partial charge in [-0.15, -0.1) is 5.11 Å². The van der Waals surface area contributed by atoms with Crippen molar-refractivity contribution in [3.63, 3.8) is 0 Å². The van der Waals surface area contributed by atoms with Gasteiger partial charge in [0.05, 0.1) is 11.9 Å². The molecule has 0 aliphatic carbocycles. The van der Waals surface area contributed by atoms with Gasteiger partial charge in [0.1, 0.15) is 0 Å². The minimum atomic E-state index is -0.435. The largest absolute Gasteiger partial charge is 0.369 e. The average Bonchev–Trinajstić information content (AvgIpc) is 2.30. The summed E-state index contributed by atoms with van der Waals surface area (Å²) < 4.78 is 0. The number of halogens is 1. The van der Waals surface area contributed by atoms with Crippen molar-refractivity contribution in [2.24, 2.45) is 10.2 Å². The van der Waals surface area contributed by atoms with Crippen LogP contribution in [0.25, 0.3) is 0 Å². The van der Waals surface area contributed by atoms with E-state index in [0.717, 1.165) is 0 Å².